The highest BCUT2D eigenvalue weighted by atomic mass is 32.2. The second-order valence-electron chi connectivity index (χ2n) is 7.57. The van der Waals surface area contributed by atoms with Crippen molar-refractivity contribution in [1.82, 2.24) is 14.1 Å². The summed E-state index contributed by atoms with van der Waals surface area (Å²) in [6, 6.07) is 4.45. The molecule has 0 radical (unpaired) electrons. The van der Waals surface area contributed by atoms with Gasteiger partial charge in [-0.3, -0.25) is 4.68 Å². The summed E-state index contributed by atoms with van der Waals surface area (Å²) in [7, 11) is -0.702. The fraction of sp³-hybridized carbons (Fsp3) is 0.571. The van der Waals surface area contributed by atoms with Gasteiger partial charge in [-0.15, -0.1) is 0 Å². The summed E-state index contributed by atoms with van der Waals surface area (Å²) in [5, 5.41) is 4.84. The van der Waals surface area contributed by atoms with E-state index in [1.807, 2.05) is 4.68 Å². The standard InChI is InChI=1S/C21H29N3O5S/c1-4-23-17-10-12-29-14-16(17)21(22-23)18-7-5-6-11-24(18)30(25,26)15-8-9-19(27-2)20(13-15)28-3/h8-9,13,18H,4-7,10-12,14H2,1-3H3. The summed E-state index contributed by atoms with van der Waals surface area (Å²) >= 11 is 0. The predicted molar refractivity (Wildman–Crippen MR) is 111 cm³/mol. The average molecular weight is 436 g/mol. The third kappa shape index (κ3) is 3.59. The van der Waals surface area contributed by atoms with Gasteiger partial charge in [0.2, 0.25) is 10.0 Å². The van der Waals surface area contributed by atoms with Crippen molar-refractivity contribution < 1.29 is 22.6 Å². The number of nitrogens with zero attached hydrogens (tertiary/aromatic N) is 3. The first kappa shape index (κ1) is 21.1. The molecule has 1 aromatic carbocycles. The zero-order valence-corrected chi connectivity index (χ0v) is 18.6. The number of methoxy groups -OCH3 is 2. The first-order valence-electron chi connectivity index (χ1n) is 10.4. The Bertz CT molecular complexity index is 1020. The average Bonchev–Trinajstić information content (AvgIpc) is 3.17. The normalized spacial score (nSPS) is 20.0. The number of ether oxygens (including phenoxy) is 3. The monoisotopic (exact) mass is 435 g/mol. The number of sulfonamides is 1. The topological polar surface area (TPSA) is 82.9 Å². The zero-order valence-electron chi connectivity index (χ0n) is 17.8. The van der Waals surface area contributed by atoms with Crippen LogP contribution >= 0.6 is 0 Å². The second kappa shape index (κ2) is 8.56. The van der Waals surface area contributed by atoms with Crippen molar-refractivity contribution in [3.8, 4) is 11.5 Å². The number of aromatic nitrogens is 2. The SMILES string of the molecule is CCn1nc(C2CCCCN2S(=O)(=O)c2ccc(OC)c(OC)c2)c2c1CCOC2. The zero-order chi connectivity index (χ0) is 21.3. The van der Waals surface area contributed by atoms with Gasteiger partial charge in [0.05, 0.1) is 44.1 Å². The van der Waals surface area contributed by atoms with E-state index in [2.05, 4.69) is 6.92 Å². The van der Waals surface area contributed by atoms with E-state index in [0.717, 1.165) is 43.5 Å². The van der Waals surface area contributed by atoms with E-state index in [4.69, 9.17) is 19.3 Å². The van der Waals surface area contributed by atoms with Gasteiger partial charge in [-0.1, -0.05) is 6.42 Å². The number of benzene rings is 1. The molecule has 0 N–H and O–H groups in total. The molecule has 2 aliphatic heterocycles. The molecule has 0 amide bonds. The highest BCUT2D eigenvalue weighted by molar-refractivity contribution is 7.89. The molecule has 0 spiro atoms. The van der Waals surface area contributed by atoms with E-state index >= 15 is 0 Å². The van der Waals surface area contributed by atoms with Crippen LogP contribution in [0, 0.1) is 0 Å². The highest BCUT2D eigenvalue weighted by Gasteiger charge is 2.38. The number of aryl methyl sites for hydroxylation is 1. The Kier molecular flexibility index (Phi) is 6.04. The Balaban J connectivity index is 1.75. The van der Waals surface area contributed by atoms with Crippen molar-refractivity contribution in [2.24, 2.45) is 0 Å². The first-order chi connectivity index (χ1) is 14.5. The summed E-state index contributed by atoms with van der Waals surface area (Å²) in [6.07, 6.45) is 3.36. The Hall–Kier alpha value is -2.10. The van der Waals surface area contributed by atoms with E-state index in [9.17, 15) is 8.42 Å². The fourth-order valence-corrected chi connectivity index (χ4v) is 6.12. The molecular formula is C21H29N3O5S. The van der Waals surface area contributed by atoms with Gasteiger partial charge in [0.25, 0.3) is 0 Å². The molecule has 4 rings (SSSR count). The molecule has 0 aliphatic carbocycles. The van der Waals surface area contributed by atoms with Crippen molar-refractivity contribution in [1.29, 1.82) is 0 Å². The maximum atomic E-state index is 13.6. The van der Waals surface area contributed by atoms with Gasteiger partial charge in [0, 0.05) is 36.8 Å². The molecule has 1 fully saturated rings. The molecule has 9 heteroatoms. The molecule has 8 nitrogen and oxygen atoms in total. The molecule has 3 heterocycles. The van der Waals surface area contributed by atoms with Crippen LogP contribution in [-0.2, 0) is 34.3 Å². The smallest absolute Gasteiger partial charge is 0.243 e. The molecule has 0 bridgehead atoms. The maximum Gasteiger partial charge on any atom is 0.243 e. The molecule has 1 atom stereocenters. The van der Waals surface area contributed by atoms with E-state index in [-0.39, 0.29) is 10.9 Å². The number of hydrogen-bond donors (Lipinski definition) is 0. The molecule has 2 aliphatic rings. The summed E-state index contributed by atoms with van der Waals surface area (Å²) < 4.78 is 47.2. The van der Waals surface area contributed by atoms with Gasteiger partial charge in [-0.25, -0.2) is 8.42 Å². The van der Waals surface area contributed by atoms with E-state index in [0.29, 0.717) is 31.3 Å². The van der Waals surface area contributed by atoms with Crippen LogP contribution in [0.3, 0.4) is 0 Å². The van der Waals surface area contributed by atoms with Gasteiger partial charge >= 0.3 is 0 Å². The fourth-order valence-electron chi connectivity index (χ4n) is 4.44. The Labute approximate surface area is 177 Å². The molecule has 1 unspecified atom stereocenters. The van der Waals surface area contributed by atoms with E-state index in [1.165, 1.54) is 26.0 Å². The number of rotatable bonds is 6. The Morgan fingerprint density at radius 3 is 2.73 bits per heavy atom. The molecule has 1 saturated heterocycles. The summed E-state index contributed by atoms with van der Waals surface area (Å²) in [5.74, 6) is 0.896. The van der Waals surface area contributed by atoms with Crippen LogP contribution in [0.1, 0.15) is 49.2 Å². The van der Waals surface area contributed by atoms with Crippen molar-refractivity contribution in [3.63, 3.8) is 0 Å². The second-order valence-corrected chi connectivity index (χ2v) is 9.46. The quantitative estimate of drug-likeness (QED) is 0.694. The highest BCUT2D eigenvalue weighted by Crippen LogP contribution is 2.39. The van der Waals surface area contributed by atoms with Gasteiger partial charge < -0.3 is 14.2 Å². The van der Waals surface area contributed by atoms with Crippen molar-refractivity contribution >= 4 is 10.0 Å². The Morgan fingerprint density at radius 1 is 1.20 bits per heavy atom. The lowest BCUT2D eigenvalue weighted by atomic mass is 9.97. The van der Waals surface area contributed by atoms with Crippen LogP contribution < -0.4 is 9.47 Å². The number of piperidine rings is 1. The molecule has 164 valence electrons. The van der Waals surface area contributed by atoms with Crippen LogP contribution in [-0.4, -0.2) is 49.9 Å². The summed E-state index contributed by atoms with van der Waals surface area (Å²) in [5.41, 5.74) is 3.07. The minimum Gasteiger partial charge on any atom is -0.493 e. The van der Waals surface area contributed by atoms with E-state index < -0.39 is 10.0 Å². The third-order valence-corrected chi connectivity index (χ3v) is 7.86. The third-order valence-electron chi connectivity index (χ3n) is 5.96. The van der Waals surface area contributed by atoms with Crippen LogP contribution in [0.4, 0.5) is 0 Å². The van der Waals surface area contributed by atoms with Crippen LogP contribution in [0.15, 0.2) is 23.1 Å². The van der Waals surface area contributed by atoms with Crippen molar-refractivity contribution in [2.75, 3.05) is 27.4 Å². The Morgan fingerprint density at radius 2 is 2.00 bits per heavy atom. The molecule has 30 heavy (non-hydrogen) atoms. The summed E-state index contributed by atoms with van der Waals surface area (Å²) in [4.78, 5) is 0.201. The van der Waals surface area contributed by atoms with Gasteiger partial charge in [-0.05, 0) is 31.9 Å². The lowest BCUT2D eigenvalue weighted by Gasteiger charge is -2.34. The lowest BCUT2D eigenvalue weighted by molar-refractivity contribution is 0.107. The predicted octanol–water partition coefficient (Wildman–Crippen LogP) is 2.91. The number of hydrogen-bond acceptors (Lipinski definition) is 6. The van der Waals surface area contributed by atoms with Crippen LogP contribution in [0.25, 0.3) is 0 Å². The molecular weight excluding hydrogens is 406 g/mol. The molecule has 0 saturated carbocycles. The van der Waals surface area contributed by atoms with Crippen LogP contribution in [0.5, 0.6) is 11.5 Å². The van der Waals surface area contributed by atoms with Gasteiger partial charge in [-0.2, -0.15) is 9.40 Å². The molecule has 1 aromatic heterocycles. The first-order valence-corrected chi connectivity index (χ1v) is 11.8. The van der Waals surface area contributed by atoms with Crippen LogP contribution in [0.2, 0.25) is 0 Å². The largest absolute Gasteiger partial charge is 0.493 e. The van der Waals surface area contributed by atoms with Crippen molar-refractivity contribution in [3.05, 3.63) is 35.2 Å². The minimum atomic E-state index is -3.73. The maximum absolute atomic E-state index is 13.6. The molecule has 2 aromatic rings. The summed E-state index contributed by atoms with van der Waals surface area (Å²) in [6.45, 7) is 4.46. The minimum absolute atomic E-state index is 0.201. The lowest BCUT2D eigenvalue weighted by Crippen LogP contribution is -2.39. The van der Waals surface area contributed by atoms with E-state index in [1.54, 1.807) is 16.4 Å². The number of fused-ring (bicyclic) bond motifs is 1. The van der Waals surface area contributed by atoms with Crippen molar-refractivity contribution in [2.45, 2.75) is 56.7 Å². The van der Waals surface area contributed by atoms with Gasteiger partial charge in [0.1, 0.15) is 0 Å². The van der Waals surface area contributed by atoms with Gasteiger partial charge in [0.15, 0.2) is 11.5 Å².